The molecule has 0 aliphatic rings. The molecule has 1 N–H and O–H groups in total. The summed E-state index contributed by atoms with van der Waals surface area (Å²) in [5.41, 5.74) is -0.0293. The second-order valence-electron chi connectivity index (χ2n) is 7.52. The van der Waals surface area contributed by atoms with E-state index in [2.05, 4.69) is 5.32 Å². The highest BCUT2D eigenvalue weighted by Crippen LogP contribution is 2.35. The van der Waals surface area contributed by atoms with Crippen LogP contribution in [0.15, 0.2) is 64.1 Å². The van der Waals surface area contributed by atoms with E-state index in [1.54, 1.807) is 24.1 Å². The molecule has 13 heteroatoms. The monoisotopic (exact) mass is 553 g/mol. The number of hydrogen-bond donors (Lipinski definition) is 1. The third-order valence-electron chi connectivity index (χ3n) is 5.06. The zero-order valence-electron chi connectivity index (χ0n) is 19.5. The van der Waals surface area contributed by atoms with Gasteiger partial charge in [0.1, 0.15) is 18.1 Å². The van der Waals surface area contributed by atoms with Gasteiger partial charge < -0.3 is 14.5 Å². The number of carbonyl (C=O) groups excluding carboxylic acids is 1. The van der Waals surface area contributed by atoms with Gasteiger partial charge in [-0.05, 0) is 43.3 Å². The summed E-state index contributed by atoms with van der Waals surface area (Å²) in [6.45, 7) is 1.20. The average Bonchev–Trinajstić information content (AvgIpc) is 3.35. The lowest BCUT2D eigenvalue weighted by molar-refractivity contribution is -0.385. The fourth-order valence-corrected chi connectivity index (χ4v) is 5.61. The molecule has 2 aromatic carbocycles. The lowest BCUT2D eigenvalue weighted by atomic mass is 10.2. The number of amides is 1. The van der Waals surface area contributed by atoms with Crippen LogP contribution in [0.5, 0.6) is 5.75 Å². The van der Waals surface area contributed by atoms with Crippen LogP contribution >= 0.6 is 23.4 Å². The summed E-state index contributed by atoms with van der Waals surface area (Å²) in [7, 11) is -3.07. The normalized spacial score (nSPS) is 11.2. The zero-order chi connectivity index (χ0) is 26.3. The number of halogens is 1. The molecular weight excluding hydrogens is 530 g/mol. The lowest BCUT2D eigenvalue weighted by Gasteiger charge is -2.26. The molecule has 0 unspecified atom stereocenters. The van der Waals surface area contributed by atoms with Gasteiger partial charge in [0.2, 0.25) is 5.91 Å². The first-order chi connectivity index (χ1) is 17.1. The van der Waals surface area contributed by atoms with Crippen molar-refractivity contribution in [3.05, 3.63) is 81.3 Å². The lowest BCUT2D eigenvalue weighted by Crippen LogP contribution is -2.41. The Bertz CT molecular complexity index is 1330. The molecule has 0 saturated carbocycles. The van der Waals surface area contributed by atoms with Crippen molar-refractivity contribution in [2.45, 2.75) is 17.6 Å². The van der Waals surface area contributed by atoms with E-state index in [4.69, 9.17) is 20.8 Å². The van der Waals surface area contributed by atoms with E-state index in [1.165, 1.54) is 44.4 Å². The molecule has 0 bridgehead atoms. The smallest absolute Gasteiger partial charge is 0.273 e. The first-order valence-corrected chi connectivity index (χ1v) is 13.6. The van der Waals surface area contributed by atoms with Gasteiger partial charge in [-0.1, -0.05) is 17.7 Å². The molecule has 10 nitrogen and oxygen atoms in total. The number of sulfonamides is 1. The third kappa shape index (κ3) is 6.71. The van der Waals surface area contributed by atoms with Crippen LogP contribution in [0, 0.1) is 17.0 Å². The number of anilines is 1. The van der Waals surface area contributed by atoms with Crippen LogP contribution in [0.2, 0.25) is 5.02 Å². The Hall–Kier alpha value is -3.22. The summed E-state index contributed by atoms with van der Waals surface area (Å²) >= 11 is 7.66. The van der Waals surface area contributed by atoms with E-state index in [1.807, 2.05) is 6.07 Å². The van der Waals surface area contributed by atoms with E-state index in [0.717, 1.165) is 16.1 Å². The highest BCUT2D eigenvalue weighted by atomic mass is 35.5. The summed E-state index contributed by atoms with van der Waals surface area (Å²) in [5, 5.41) is 14.3. The Balaban J connectivity index is 1.85. The molecule has 192 valence electrons. The number of methoxy groups -OCH3 is 1. The van der Waals surface area contributed by atoms with Crippen molar-refractivity contribution in [2.75, 3.05) is 30.3 Å². The Labute approximate surface area is 217 Å². The minimum atomic E-state index is -4.42. The van der Waals surface area contributed by atoms with Gasteiger partial charge in [0.25, 0.3) is 15.7 Å². The number of carbonyl (C=O) groups is 1. The molecular formula is C23H24ClN3O7S2. The Morgan fingerprint density at radius 1 is 1.25 bits per heavy atom. The first-order valence-electron chi connectivity index (χ1n) is 10.6. The molecule has 0 fully saturated rings. The number of hydrogen-bond acceptors (Lipinski definition) is 8. The second-order valence-corrected chi connectivity index (χ2v) is 10.9. The molecule has 0 aliphatic carbocycles. The van der Waals surface area contributed by atoms with E-state index < -0.39 is 27.4 Å². The van der Waals surface area contributed by atoms with Gasteiger partial charge >= 0.3 is 0 Å². The van der Waals surface area contributed by atoms with Crippen LogP contribution in [0.1, 0.15) is 11.3 Å². The summed E-state index contributed by atoms with van der Waals surface area (Å²) in [4.78, 5) is 23.2. The van der Waals surface area contributed by atoms with Crippen LogP contribution in [0.25, 0.3) is 0 Å². The minimum absolute atomic E-state index is 0.0237. The summed E-state index contributed by atoms with van der Waals surface area (Å²) in [6, 6.07) is 11.6. The summed E-state index contributed by atoms with van der Waals surface area (Å²) in [5.74, 6) is 1.61. The van der Waals surface area contributed by atoms with Gasteiger partial charge in [-0.15, -0.1) is 0 Å². The molecule has 0 atom stereocenters. The number of benzene rings is 2. The van der Waals surface area contributed by atoms with Crippen molar-refractivity contribution < 1.29 is 27.3 Å². The molecule has 0 radical (unpaired) electrons. The van der Waals surface area contributed by atoms with Gasteiger partial charge in [0, 0.05) is 29.0 Å². The molecule has 0 spiro atoms. The molecule has 3 aromatic rings. The Morgan fingerprint density at radius 2 is 2.03 bits per heavy atom. The maximum Gasteiger partial charge on any atom is 0.273 e. The molecule has 1 heterocycles. The number of thioether (sulfide) groups is 1. The van der Waals surface area contributed by atoms with Crippen LogP contribution in [-0.4, -0.2) is 45.2 Å². The topological polar surface area (TPSA) is 132 Å². The predicted molar refractivity (Wildman–Crippen MR) is 138 cm³/mol. The number of ether oxygens (including phenoxy) is 1. The van der Waals surface area contributed by atoms with Crippen LogP contribution in [-0.2, 0) is 20.6 Å². The van der Waals surface area contributed by atoms with Gasteiger partial charge in [0.15, 0.2) is 0 Å². The number of nitrogens with zero attached hydrogens (tertiary/aromatic N) is 2. The van der Waals surface area contributed by atoms with E-state index in [0.29, 0.717) is 23.6 Å². The minimum Gasteiger partial charge on any atom is -0.495 e. The molecule has 36 heavy (non-hydrogen) atoms. The number of rotatable bonds is 12. The fourth-order valence-electron chi connectivity index (χ4n) is 3.25. The standard InChI is InChI=1S/C23H24ClN3O7S2/c1-16-5-7-19(13-20(16)27(29)30)36(31,32)26(21-12-17(24)6-8-22(21)33-2)14-23(28)25-9-11-35-15-18-4-3-10-34-18/h3-8,10,12-13H,9,11,14-15H2,1-2H3,(H,25,28). The number of nitro groups is 1. The van der Waals surface area contributed by atoms with Crippen LogP contribution in [0.3, 0.4) is 0 Å². The summed E-state index contributed by atoms with van der Waals surface area (Å²) in [6.07, 6.45) is 1.58. The number of nitrogens with one attached hydrogen (secondary N) is 1. The van der Waals surface area contributed by atoms with Gasteiger partial charge in [-0.25, -0.2) is 8.42 Å². The largest absolute Gasteiger partial charge is 0.495 e. The predicted octanol–water partition coefficient (Wildman–Crippen LogP) is 4.40. The first kappa shape index (κ1) is 27.4. The molecule has 0 aliphatic heterocycles. The molecule has 3 rings (SSSR count). The Morgan fingerprint density at radius 3 is 2.69 bits per heavy atom. The molecule has 0 saturated heterocycles. The van der Waals surface area contributed by atoms with E-state index >= 15 is 0 Å². The van der Waals surface area contributed by atoms with Gasteiger partial charge in [0.05, 0.1) is 34.6 Å². The maximum atomic E-state index is 13.7. The molecule has 1 amide bonds. The Kier molecular flexibility index (Phi) is 9.24. The highest BCUT2D eigenvalue weighted by molar-refractivity contribution is 7.98. The van der Waals surface area contributed by atoms with Crippen molar-refractivity contribution in [3.63, 3.8) is 0 Å². The average molecular weight is 554 g/mol. The zero-order valence-corrected chi connectivity index (χ0v) is 21.9. The fraction of sp³-hybridized carbons (Fsp3) is 0.261. The highest BCUT2D eigenvalue weighted by Gasteiger charge is 2.31. The number of furan rings is 1. The second kappa shape index (κ2) is 12.2. The van der Waals surface area contributed by atoms with Crippen LogP contribution < -0.4 is 14.4 Å². The van der Waals surface area contributed by atoms with Crippen molar-refractivity contribution >= 4 is 50.7 Å². The number of nitro benzene ring substituents is 1. The van der Waals surface area contributed by atoms with Crippen molar-refractivity contribution in [3.8, 4) is 5.75 Å². The van der Waals surface area contributed by atoms with Gasteiger partial charge in [-0.2, -0.15) is 11.8 Å². The van der Waals surface area contributed by atoms with E-state index in [9.17, 15) is 23.3 Å². The van der Waals surface area contributed by atoms with Crippen molar-refractivity contribution in [1.82, 2.24) is 5.32 Å². The third-order valence-corrected chi connectivity index (χ3v) is 8.03. The van der Waals surface area contributed by atoms with Gasteiger partial charge in [-0.3, -0.25) is 19.2 Å². The van der Waals surface area contributed by atoms with E-state index in [-0.39, 0.29) is 27.0 Å². The SMILES string of the molecule is COc1ccc(Cl)cc1N(CC(=O)NCCSCc1ccco1)S(=O)(=O)c1ccc(C)c([N+](=O)[O-])c1. The molecule has 1 aromatic heterocycles. The summed E-state index contributed by atoms with van der Waals surface area (Å²) < 4.78 is 38.7. The van der Waals surface area contributed by atoms with Crippen molar-refractivity contribution in [1.29, 1.82) is 0 Å². The number of aryl methyl sites for hydroxylation is 1. The maximum absolute atomic E-state index is 13.7. The van der Waals surface area contributed by atoms with Crippen molar-refractivity contribution in [2.24, 2.45) is 0 Å². The quantitative estimate of drug-likeness (QED) is 0.198. The van der Waals surface area contributed by atoms with Crippen LogP contribution in [0.4, 0.5) is 11.4 Å².